The summed E-state index contributed by atoms with van der Waals surface area (Å²) in [4.78, 5) is 0. The Balaban J connectivity index is 1.19. The minimum Gasteiger partial charge on any atom is -0.309 e. The van der Waals surface area contributed by atoms with E-state index in [1.54, 1.807) is 6.07 Å². The number of benzene rings is 10. The molecule has 0 aliphatic heterocycles. The Labute approximate surface area is 397 Å². The number of aromatic nitrogens is 4. The molecule has 14 aromatic rings. The van der Waals surface area contributed by atoms with Crippen LogP contribution in [-0.2, 0) is 6.18 Å². The second-order valence-electron chi connectivity index (χ2n) is 17.9. The van der Waals surface area contributed by atoms with Crippen molar-refractivity contribution in [2.75, 3.05) is 0 Å². The molecule has 0 saturated heterocycles. The number of hydrogen-bond donors (Lipinski definition) is 0. The van der Waals surface area contributed by atoms with Crippen molar-refractivity contribution < 1.29 is 13.2 Å². The van der Waals surface area contributed by atoms with Crippen LogP contribution in [0.2, 0.25) is 0 Å². The van der Waals surface area contributed by atoms with Gasteiger partial charge in [0.25, 0.3) is 0 Å². The van der Waals surface area contributed by atoms with E-state index in [0.717, 1.165) is 105 Å². The number of hydrogen-bond acceptors (Lipinski definition) is 1. The van der Waals surface area contributed by atoms with Crippen molar-refractivity contribution in [1.82, 2.24) is 18.3 Å². The standard InChI is InChI=1S/C62H36F3N5/c63-62(64,65)40-17-15-16-38(34-40)39-35-56(69-50-26-11-7-22-43(50)45-30-32-54-58(60(45)69)47-24-9-13-28-52(47)67(54)41-18-3-1-4-19-41)49(37-66)57(36-39)70-51-27-12-8-23-44(51)46-31-33-55-59(61(46)70)48-25-10-14-29-53(48)68(55)42-20-5-2-6-21-42/h1-36H. The first-order valence-corrected chi connectivity index (χ1v) is 23.2. The fraction of sp³-hybridized carbons (Fsp3) is 0.0161. The third-order valence-electron chi connectivity index (χ3n) is 14.2. The molecule has 0 unspecified atom stereocenters. The van der Waals surface area contributed by atoms with Gasteiger partial charge in [0.2, 0.25) is 0 Å². The molecule has 0 bridgehead atoms. The average molecular weight is 908 g/mol. The predicted octanol–water partition coefficient (Wildman–Crippen LogP) is 16.6. The normalized spacial score (nSPS) is 12.2. The maximum absolute atomic E-state index is 14.7. The predicted molar refractivity (Wildman–Crippen MR) is 279 cm³/mol. The summed E-state index contributed by atoms with van der Waals surface area (Å²) in [5, 5.41) is 19.9. The summed E-state index contributed by atoms with van der Waals surface area (Å²) in [6.07, 6.45) is -4.58. The summed E-state index contributed by atoms with van der Waals surface area (Å²) in [7, 11) is 0. The number of nitrogens with zero attached hydrogens (tertiary/aromatic N) is 5. The molecule has 0 N–H and O–H groups in total. The highest BCUT2D eigenvalue weighted by Gasteiger charge is 2.31. The van der Waals surface area contributed by atoms with Gasteiger partial charge in [-0.3, -0.25) is 0 Å². The quantitative estimate of drug-likeness (QED) is 0.170. The van der Waals surface area contributed by atoms with E-state index in [1.807, 2.05) is 97.1 Å². The van der Waals surface area contributed by atoms with Gasteiger partial charge in [-0.05, 0) is 96.1 Å². The summed E-state index contributed by atoms with van der Waals surface area (Å²) >= 11 is 0. The molecular weight excluding hydrogens is 872 g/mol. The summed E-state index contributed by atoms with van der Waals surface area (Å²) in [5.74, 6) is 0. The van der Waals surface area contributed by atoms with Gasteiger partial charge in [-0.15, -0.1) is 0 Å². The van der Waals surface area contributed by atoms with Crippen molar-refractivity contribution >= 4 is 87.2 Å². The summed E-state index contributed by atoms with van der Waals surface area (Å²) in [6, 6.07) is 74.4. The van der Waals surface area contributed by atoms with E-state index in [-0.39, 0.29) is 0 Å². The van der Waals surface area contributed by atoms with Gasteiger partial charge in [-0.25, -0.2) is 0 Å². The molecule has 0 aliphatic rings. The second kappa shape index (κ2) is 14.8. The summed E-state index contributed by atoms with van der Waals surface area (Å²) < 4.78 is 52.9. The zero-order chi connectivity index (χ0) is 46.8. The number of alkyl halides is 3. The van der Waals surface area contributed by atoms with Gasteiger partial charge in [-0.2, -0.15) is 18.4 Å². The molecule has 0 aliphatic carbocycles. The lowest BCUT2D eigenvalue weighted by Gasteiger charge is -2.19. The van der Waals surface area contributed by atoms with Crippen LogP contribution in [0.5, 0.6) is 0 Å². The molecule has 4 heterocycles. The van der Waals surface area contributed by atoms with Gasteiger partial charge in [0.05, 0.1) is 61.1 Å². The van der Waals surface area contributed by atoms with E-state index in [4.69, 9.17) is 0 Å². The van der Waals surface area contributed by atoms with Crippen LogP contribution in [0.15, 0.2) is 218 Å². The Bertz CT molecular complexity index is 4270. The van der Waals surface area contributed by atoms with Crippen molar-refractivity contribution in [2.45, 2.75) is 6.18 Å². The van der Waals surface area contributed by atoms with Crippen LogP contribution in [-0.4, -0.2) is 18.3 Å². The monoisotopic (exact) mass is 907 g/mol. The van der Waals surface area contributed by atoms with Crippen molar-refractivity contribution in [1.29, 1.82) is 5.26 Å². The molecule has 0 radical (unpaired) electrons. The van der Waals surface area contributed by atoms with E-state index in [1.165, 1.54) is 12.1 Å². The van der Waals surface area contributed by atoms with Crippen molar-refractivity contribution in [3.63, 3.8) is 0 Å². The van der Waals surface area contributed by atoms with E-state index < -0.39 is 11.7 Å². The Morgan fingerprint density at radius 2 is 0.757 bits per heavy atom. The zero-order valence-electron chi connectivity index (χ0n) is 37.2. The SMILES string of the molecule is N#Cc1c(-n2c3ccccc3c3ccc4c(c5ccccc5n4-c4ccccc4)c32)cc(-c2cccc(C(F)(F)F)c2)cc1-n1c2ccccc2c2ccc3c(c4ccccc4n3-c3ccccc3)c21. The highest BCUT2D eigenvalue weighted by Crippen LogP contribution is 2.47. The molecule has 0 saturated carbocycles. The van der Waals surface area contributed by atoms with Crippen molar-refractivity contribution in [3.05, 3.63) is 230 Å². The fourth-order valence-corrected chi connectivity index (χ4v) is 11.3. The molecule has 5 nitrogen and oxygen atoms in total. The van der Waals surface area contributed by atoms with E-state index in [2.05, 4.69) is 121 Å². The zero-order valence-corrected chi connectivity index (χ0v) is 37.2. The van der Waals surface area contributed by atoms with Gasteiger partial charge in [0, 0.05) is 54.5 Å². The molecule has 4 aromatic heterocycles. The van der Waals surface area contributed by atoms with Gasteiger partial charge in [-0.1, -0.05) is 133 Å². The first kappa shape index (κ1) is 39.8. The maximum Gasteiger partial charge on any atom is 0.416 e. The van der Waals surface area contributed by atoms with Crippen LogP contribution in [0.4, 0.5) is 13.2 Å². The molecule has 10 aromatic carbocycles. The topological polar surface area (TPSA) is 43.5 Å². The lowest BCUT2D eigenvalue weighted by atomic mass is 9.98. The highest BCUT2D eigenvalue weighted by atomic mass is 19.4. The molecular formula is C62H36F3N5. The van der Waals surface area contributed by atoms with Gasteiger partial charge in [0.15, 0.2) is 0 Å². The van der Waals surface area contributed by atoms with Crippen LogP contribution in [0.3, 0.4) is 0 Å². The third kappa shape index (κ3) is 5.60. The molecule has 0 fully saturated rings. The molecule has 70 heavy (non-hydrogen) atoms. The van der Waals surface area contributed by atoms with Crippen LogP contribution >= 0.6 is 0 Å². The Morgan fingerprint density at radius 1 is 0.343 bits per heavy atom. The van der Waals surface area contributed by atoms with Crippen molar-refractivity contribution in [3.8, 4) is 39.9 Å². The largest absolute Gasteiger partial charge is 0.416 e. The number of para-hydroxylation sites is 6. The number of fused-ring (bicyclic) bond motifs is 14. The number of rotatable bonds is 5. The Morgan fingerprint density at radius 3 is 1.20 bits per heavy atom. The smallest absolute Gasteiger partial charge is 0.309 e. The molecule has 8 heteroatoms. The van der Waals surface area contributed by atoms with Crippen LogP contribution in [0.1, 0.15) is 11.1 Å². The van der Waals surface area contributed by atoms with E-state index >= 15 is 0 Å². The van der Waals surface area contributed by atoms with Gasteiger partial charge < -0.3 is 18.3 Å². The Kier molecular flexibility index (Phi) is 8.44. The third-order valence-corrected chi connectivity index (χ3v) is 14.2. The first-order chi connectivity index (χ1) is 34.4. The van der Waals surface area contributed by atoms with E-state index in [0.29, 0.717) is 28.1 Å². The summed E-state index contributed by atoms with van der Waals surface area (Å²) in [5.41, 5.74) is 11.2. The minimum absolute atomic E-state index is 0.369. The van der Waals surface area contributed by atoms with Gasteiger partial charge in [0.1, 0.15) is 11.6 Å². The molecule has 330 valence electrons. The van der Waals surface area contributed by atoms with E-state index in [9.17, 15) is 18.4 Å². The molecule has 0 atom stereocenters. The number of halogens is 3. The Hall–Kier alpha value is -9.32. The van der Waals surface area contributed by atoms with Crippen molar-refractivity contribution in [2.24, 2.45) is 0 Å². The lowest BCUT2D eigenvalue weighted by Crippen LogP contribution is -2.06. The fourth-order valence-electron chi connectivity index (χ4n) is 11.3. The molecule has 0 spiro atoms. The first-order valence-electron chi connectivity index (χ1n) is 23.2. The lowest BCUT2D eigenvalue weighted by molar-refractivity contribution is -0.137. The highest BCUT2D eigenvalue weighted by molar-refractivity contribution is 6.28. The van der Waals surface area contributed by atoms with Crippen LogP contribution in [0.25, 0.3) is 121 Å². The molecule has 14 rings (SSSR count). The molecule has 0 amide bonds. The van der Waals surface area contributed by atoms with Crippen LogP contribution in [0, 0.1) is 11.3 Å². The van der Waals surface area contributed by atoms with Gasteiger partial charge >= 0.3 is 6.18 Å². The second-order valence-corrected chi connectivity index (χ2v) is 17.9. The maximum atomic E-state index is 14.7. The summed E-state index contributed by atoms with van der Waals surface area (Å²) in [6.45, 7) is 0. The minimum atomic E-state index is -4.58. The number of nitriles is 1. The average Bonchev–Trinajstić information content (AvgIpc) is 4.13. The van der Waals surface area contributed by atoms with Crippen LogP contribution < -0.4 is 0 Å².